The maximum atomic E-state index is 5.96. The Morgan fingerprint density at radius 1 is 0.933 bits per heavy atom. The predicted octanol–water partition coefficient (Wildman–Crippen LogP) is 4.54. The highest BCUT2D eigenvalue weighted by molar-refractivity contribution is 6.30. The third-order valence-corrected chi connectivity index (χ3v) is 3.24. The number of hydrogen-bond donors (Lipinski definition) is 0. The third kappa shape index (κ3) is 3.13. The minimum absolute atomic E-state index is 0.0899. The Bertz CT molecular complexity index is 319. The zero-order chi connectivity index (χ0) is 11.7. The molecule has 0 aromatic heterocycles. The SMILES string of the molecule is CC(C)(C)C(C)(C)Oc1ccc(Cl)cc1. The van der Waals surface area contributed by atoms with Gasteiger partial charge in [-0.15, -0.1) is 0 Å². The van der Waals surface area contributed by atoms with Gasteiger partial charge in [-0.2, -0.15) is 0 Å². The van der Waals surface area contributed by atoms with E-state index in [4.69, 9.17) is 16.3 Å². The van der Waals surface area contributed by atoms with Crippen LogP contribution in [0.15, 0.2) is 24.3 Å². The first-order valence-electron chi connectivity index (χ1n) is 5.17. The highest BCUT2D eigenvalue weighted by Crippen LogP contribution is 2.34. The van der Waals surface area contributed by atoms with Gasteiger partial charge in [0, 0.05) is 10.4 Å². The summed E-state index contributed by atoms with van der Waals surface area (Å²) in [7, 11) is 0. The molecular formula is C13H19ClO. The highest BCUT2D eigenvalue weighted by atomic mass is 35.5. The van der Waals surface area contributed by atoms with Crippen LogP contribution < -0.4 is 4.74 Å². The van der Waals surface area contributed by atoms with E-state index in [0.717, 1.165) is 10.8 Å². The van der Waals surface area contributed by atoms with Crippen LogP contribution in [0.5, 0.6) is 5.75 Å². The van der Waals surface area contributed by atoms with E-state index in [1.165, 1.54) is 0 Å². The minimum Gasteiger partial charge on any atom is -0.487 e. The second-order valence-corrected chi connectivity index (χ2v) is 5.75. The molecule has 1 nitrogen and oxygen atoms in total. The standard InChI is InChI=1S/C13H19ClO/c1-12(2,3)13(4,5)15-11-8-6-10(14)7-9-11/h6-9H,1-5H3. The maximum Gasteiger partial charge on any atom is 0.120 e. The molecule has 0 aliphatic carbocycles. The van der Waals surface area contributed by atoms with Gasteiger partial charge in [-0.3, -0.25) is 0 Å². The molecule has 0 fully saturated rings. The van der Waals surface area contributed by atoms with E-state index < -0.39 is 0 Å². The molecule has 0 saturated heterocycles. The summed E-state index contributed by atoms with van der Waals surface area (Å²) in [6.07, 6.45) is 0. The van der Waals surface area contributed by atoms with Gasteiger partial charge >= 0.3 is 0 Å². The first kappa shape index (κ1) is 12.4. The van der Waals surface area contributed by atoms with E-state index in [1.807, 2.05) is 24.3 Å². The van der Waals surface area contributed by atoms with E-state index in [-0.39, 0.29) is 11.0 Å². The summed E-state index contributed by atoms with van der Waals surface area (Å²) >= 11 is 5.82. The van der Waals surface area contributed by atoms with Crippen molar-refractivity contribution in [3.63, 3.8) is 0 Å². The largest absolute Gasteiger partial charge is 0.487 e. The molecule has 2 heteroatoms. The molecule has 0 bridgehead atoms. The van der Waals surface area contributed by atoms with Crippen LogP contribution in [0.4, 0.5) is 0 Å². The molecule has 0 radical (unpaired) electrons. The highest BCUT2D eigenvalue weighted by Gasteiger charge is 2.34. The van der Waals surface area contributed by atoms with E-state index >= 15 is 0 Å². The summed E-state index contributed by atoms with van der Waals surface area (Å²) in [5.74, 6) is 0.860. The smallest absolute Gasteiger partial charge is 0.120 e. The van der Waals surface area contributed by atoms with Crippen molar-refractivity contribution in [1.82, 2.24) is 0 Å². The molecule has 0 N–H and O–H groups in total. The molecule has 0 saturated carbocycles. The summed E-state index contributed by atoms with van der Waals surface area (Å²) in [4.78, 5) is 0. The van der Waals surface area contributed by atoms with Crippen molar-refractivity contribution >= 4 is 11.6 Å². The lowest BCUT2D eigenvalue weighted by Gasteiger charge is -2.39. The Morgan fingerprint density at radius 3 is 1.80 bits per heavy atom. The zero-order valence-corrected chi connectivity index (χ0v) is 10.9. The van der Waals surface area contributed by atoms with Gasteiger partial charge < -0.3 is 4.74 Å². The fourth-order valence-corrected chi connectivity index (χ4v) is 1.08. The van der Waals surface area contributed by atoms with Gasteiger partial charge in [0.05, 0.1) is 0 Å². The molecule has 0 atom stereocenters. The maximum absolute atomic E-state index is 5.96. The normalized spacial score (nSPS) is 12.7. The predicted molar refractivity (Wildman–Crippen MR) is 65.6 cm³/mol. The summed E-state index contributed by atoms with van der Waals surface area (Å²) < 4.78 is 5.96. The molecular weight excluding hydrogens is 208 g/mol. The number of hydrogen-bond acceptors (Lipinski definition) is 1. The van der Waals surface area contributed by atoms with Crippen molar-refractivity contribution in [2.75, 3.05) is 0 Å². The van der Waals surface area contributed by atoms with Gasteiger partial charge in [0.1, 0.15) is 11.4 Å². The Balaban J connectivity index is 2.82. The van der Waals surface area contributed by atoms with Crippen molar-refractivity contribution in [2.45, 2.75) is 40.2 Å². The van der Waals surface area contributed by atoms with Crippen molar-refractivity contribution in [1.29, 1.82) is 0 Å². The molecule has 0 heterocycles. The summed E-state index contributed by atoms with van der Waals surface area (Å²) in [5, 5.41) is 0.732. The lowest BCUT2D eigenvalue weighted by molar-refractivity contribution is 0.000814. The molecule has 15 heavy (non-hydrogen) atoms. The number of halogens is 1. The van der Waals surface area contributed by atoms with E-state index in [9.17, 15) is 0 Å². The van der Waals surface area contributed by atoms with Gasteiger partial charge in [0.15, 0.2) is 0 Å². The van der Waals surface area contributed by atoms with Crippen molar-refractivity contribution < 1.29 is 4.74 Å². The van der Waals surface area contributed by atoms with Crippen LogP contribution in [0.1, 0.15) is 34.6 Å². The minimum atomic E-state index is -0.208. The van der Waals surface area contributed by atoms with Crippen LogP contribution in [0.25, 0.3) is 0 Å². The zero-order valence-electron chi connectivity index (χ0n) is 10.1. The fraction of sp³-hybridized carbons (Fsp3) is 0.538. The van der Waals surface area contributed by atoms with E-state index in [2.05, 4.69) is 34.6 Å². The van der Waals surface area contributed by atoms with Crippen molar-refractivity contribution in [3.05, 3.63) is 29.3 Å². The van der Waals surface area contributed by atoms with Gasteiger partial charge in [0.2, 0.25) is 0 Å². The molecule has 0 amide bonds. The lowest BCUT2D eigenvalue weighted by Crippen LogP contribution is -2.42. The Labute approximate surface area is 97.4 Å². The van der Waals surface area contributed by atoms with E-state index in [1.54, 1.807) is 0 Å². The summed E-state index contributed by atoms with van der Waals surface area (Å²) in [6, 6.07) is 7.48. The van der Waals surface area contributed by atoms with Crippen molar-refractivity contribution in [3.8, 4) is 5.75 Å². The van der Waals surface area contributed by atoms with Gasteiger partial charge in [-0.1, -0.05) is 32.4 Å². The molecule has 1 aromatic carbocycles. The second-order valence-electron chi connectivity index (χ2n) is 5.32. The lowest BCUT2D eigenvalue weighted by atomic mass is 9.79. The summed E-state index contributed by atoms with van der Waals surface area (Å²) in [5.41, 5.74) is -0.118. The first-order valence-corrected chi connectivity index (χ1v) is 5.55. The van der Waals surface area contributed by atoms with Crippen LogP contribution in [0, 0.1) is 5.41 Å². The molecule has 1 aromatic rings. The molecule has 0 unspecified atom stereocenters. The van der Waals surface area contributed by atoms with Crippen LogP contribution in [-0.4, -0.2) is 5.60 Å². The fourth-order valence-electron chi connectivity index (χ4n) is 0.950. The number of ether oxygens (including phenoxy) is 1. The second kappa shape index (κ2) is 4.05. The average molecular weight is 227 g/mol. The first-order chi connectivity index (χ1) is 6.72. The monoisotopic (exact) mass is 226 g/mol. The summed E-state index contributed by atoms with van der Waals surface area (Å²) in [6.45, 7) is 10.7. The van der Waals surface area contributed by atoms with Crippen molar-refractivity contribution in [2.24, 2.45) is 5.41 Å². The molecule has 84 valence electrons. The molecule has 0 spiro atoms. The Morgan fingerprint density at radius 2 is 1.40 bits per heavy atom. The average Bonchev–Trinajstić information content (AvgIpc) is 2.06. The van der Waals surface area contributed by atoms with Gasteiger partial charge in [-0.05, 0) is 38.1 Å². The van der Waals surface area contributed by atoms with E-state index in [0.29, 0.717) is 0 Å². The Kier molecular flexibility index (Phi) is 3.34. The molecule has 1 rings (SSSR count). The van der Waals surface area contributed by atoms with Crippen LogP contribution in [0.3, 0.4) is 0 Å². The van der Waals surface area contributed by atoms with Crippen LogP contribution in [0.2, 0.25) is 5.02 Å². The van der Waals surface area contributed by atoms with Crippen LogP contribution >= 0.6 is 11.6 Å². The number of rotatable bonds is 2. The molecule has 0 aliphatic heterocycles. The topological polar surface area (TPSA) is 9.23 Å². The van der Waals surface area contributed by atoms with Gasteiger partial charge in [-0.25, -0.2) is 0 Å². The quantitative estimate of drug-likeness (QED) is 0.719. The third-order valence-electron chi connectivity index (χ3n) is 2.99. The molecule has 0 aliphatic rings. The van der Waals surface area contributed by atoms with Crippen LogP contribution in [-0.2, 0) is 0 Å². The van der Waals surface area contributed by atoms with Gasteiger partial charge in [0.25, 0.3) is 0 Å². The number of benzene rings is 1. The Hall–Kier alpha value is -0.690.